The van der Waals surface area contributed by atoms with Crippen molar-refractivity contribution >= 4 is 11.5 Å². The van der Waals surface area contributed by atoms with Crippen LogP contribution < -0.4 is 5.32 Å². The number of allylic oxidation sites excluding steroid dienone is 1. The second kappa shape index (κ2) is 6.66. The predicted octanol–water partition coefficient (Wildman–Crippen LogP) is 2.51. The molecule has 1 aromatic carbocycles. The van der Waals surface area contributed by atoms with Crippen molar-refractivity contribution in [1.82, 2.24) is 5.32 Å². The van der Waals surface area contributed by atoms with E-state index in [2.05, 4.69) is 5.32 Å². The van der Waals surface area contributed by atoms with Gasteiger partial charge in [-0.25, -0.2) is 4.39 Å². The summed E-state index contributed by atoms with van der Waals surface area (Å²) >= 11 is 0. The maximum Gasteiger partial charge on any atom is 0.244 e. The van der Waals surface area contributed by atoms with Crippen LogP contribution >= 0.6 is 0 Å². The van der Waals surface area contributed by atoms with Gasteiger partial charge in [-0.3, -0.25) is 4.79 Å². The molecule has 0 heterocycles. The number of nitrogens with one attached hydrogen (secondary N) is 1. The number of halogens is 1. The quantitative estimate of drug-likeness (QED) is 0.785. The number of carbonyl (C=O) groups excluding carboxylic acids is 1. The van der Waals surface area contributed by atoms with E-state index in [1.165, 1.54) is 18.2 Å². The summed E-state index contributed by atoms with van der Waals surface area (Å²) in [5, 5.41) is 11.9. The molecule has 0 saturated heterocycles. The molecule has 1 fully saturated rings. The molecule has 108 valence electrons. The van der Waals surface area contributed by atoms with Crippen LogP contribution in [0.2, 0.25) is 0 Å². The van der Waals surface area contributed by atoms with Crippen LogP contribution in [-0.4, -0.2) is 23.7 Å². The Morgan fingerprint density at radius 1 is 1.55 bits per heavy atom. The Balaban J connectivity index is 1.99. The Hall–Kier alpha value is -1.68. The van der Waals surface area contributed by atoms with Crippen molar-refractivity contribution in [1.29, 1.82) is 0 Å². The highest BCUT2D eigenvalue weighted by atomic mass is 19.1. The summed E-state index contributed by atoms with van der Waals surface area (Å²) in [7, 11) is 0. The van der Waals surface area contributed by atoms with Crippen molar-refractivity contribution in [3.05, 3.63) is 41.7 Å². The minimum Gasteiger partial charge on any atom is -0.396 e. The third-order valence-corrected chi connectivity index (χ3v) is 3.59. The first-order chi connectivity index (χ1) is 9.60. The fourth-order valence-corrected chi connectivity index (χ4v) is 2.30. The molecule has 1 aliphatic rings. The van der Waals surface area contributed by atoms with Crippen LogP contribution in [0.4, 0.5) is 4.39 Å². The topological polar surface area (TPSA) is 49.3 Å². The fraction of sp³-hybridized carbons (Fsp3) is 0.438. The highest BCUT2D eigenvalue weighted by Gasteiger charge is 2.31. The van der Waals surface area contributed by atoms with Crippen LogP contribution in [0.15, 0.2) is 30.3 Å². The van der Waals surface area contributed by atoms with Crippen molar-refractivity contribution in [3.63, 3.8) is 0 Å². The second-order valence-corrected chi connectivity index (χ2v) is 5.30. The van der Waals surface area contributed by atoms with Gasteiger partial charge in [-0.15, -0.1) is 0 Å². The third-order valence-electron chi connectivity index (χ3n) is 3.59. The number of hydrogen-bond donors (Lipinski definition) is 2. The molecule has 1 saturated carbocycles. The van der Waals surface area contributed by atoms with Crippen LogP contribution in [0.5, 0.6) is 0 Å². The molecule has 0 spiro atoms. The van der Waals surface area contributed by atoms with Crippen molar-refractivity contribution in [2.75, 3.05) is 6.61 Å². The molecule has 0 aromatic heterocycles. The first-order valence-electron chi connectivity index (χ1n) is 6.95. The van der Waals surface area contributed by atoms with Crippen LogP contribution in [-0.2, 0) is 4.79 Å². The molecule has 0 aliphatic heterocycles. The summed E-state index contributed by atoms with van der Waals surface area (Å²) in [4.78, 5) is 12.0. The van der Waals surface area contributed by atoms with Crippen molar-refractivity contribution in [3.8, 4) is 0 Å². The Morgan fingerprint density at radius 3 is 2.90 bits per heavy atom. The lowest BCUT2D eigenvalue weighted by atomic mass is 10.1. The van der Waals surface area contributed by atoms with E-state index in [1.54, 1.807) is 19.1 Å². The minimum absolute atomic E-state index is 0.0454. The molecule has 1 unspecified atom stereocenters. The van der Waals surface area contributed by atoms with Crippen LogP contribution in [0.3, 0.4) is 0 Å². The molecule has 3 nitrogen and oxygen atoms in total. The van der Waals surface area contributed by atoms with Gasteiger partial charge in [0.15, 0.2) is 0 Å². The van der Waals surface area contributed by atoms with Gasteiger partial charge in [0.1, 0.15) is 5.82 Å². The van der Waals surface area contributed by atoms with Crippen molar-refractivity contribution in [2.45, 2.75) is 32.2 Å². The van der Waals surface area contributed by atoms with E-state index in [1.807, 2.05) is 0 Å². The number of hydrogen-bond acceptors (Lipinski definition) is 2. The van der Waals surface area contributed by atoms with E-state index < -0.39 is 0 Å². The van der Waals surface area contributed by atoms with Gasteiger partial charge in [-0.05, 0) is 55.4 Å². The van der Waals surface area contributed by atoms with Gasteiger partial charge in [0, 0.05) is 18.7 Å². The summed E-state index contributed by atoms with van der Waals surface area (Å²) in [5.74, 6) is -0.00196. The first kappa shape index (κ1) is 14.7. The van der Waals surface area contributed by atoms with Crippen LogP contribution in [0.25, 0.3) is 5.57 Å². The van der Waals surface area contributed by atoms with Gasteiger partial charge < -0.3 is 10.4 Å². The molecule has 1 aromatic rings. The lowest BCUT2D eigenvalue weighted by Crippen LogP contribution is -2.36. The molecular formula is C16H20FNO2. The minimum atomic E-state index is -0.313. The fourth-order valence-electron chi connectivity index (χ4n) is 2.30. The van der Waals surface area contributed by atoms with E-state index in [4.69, 9.17) is 5.11 Å². The number of carbonyl (C=O) groups is 1. The molecule has 20 heavy (non-hydrogen) atoms. The highest BCUT2D eigenvalue weighted by Crippen LogP contribution is 2.33. The molecule has 1 atom stereocenters. The van der Waals surface area contributed by atoms with Gasteiger partial charge in [0.25, 0.3) is 0 Å². The Labute approximate surface area is 118 Å². The summed E-state index contributed by atoms with van der Waals surface area (Å²) in [5.41, 5.74) is 1.42. The Kier molecular flexibility index (Phi) is 4.90. The largest absolute Gasteiger partial charge is 0.396 e. The standard InChI is InChI=1S/C16H20FNO2/c1-11(13-3-2-4-14(17)10-13)9-16(20)18-15(7-8-19)12-5-6-12/h2-4,9-10,12,15,19H,5-8H2,1H3,(H,18,20)/b11-9-. The summed E-state index contributed by atoms with van der Waals surface area (Å²) in [6, 6.07) is 6.23. The molecule has 1 amide bonds. The van der Waals surface area contributed by atoms with E-state index in [-0.39, 0.29) is 24.4 Å². The molecule has 2 N–H and O–H groups in total. The SMILES string of the molecule is C/C(=C/C(=O)NC(CCO)C1CC1)c1cccc(F)c1. The van der Waals surface area contributed by atoms with Crippen LogP contribution in [0.1, 0.15) is 31.7 Å². The summed E-state index contributed by atoms with van der Waals surface area (Å²) in [6.45, 7) is 1.86. The second-order valence-electron chi connectivity index (χ2n) is 5.30. The number of rotatable bonds is 6. The maximum atomic E-state index is 13.1. The number of aliphatic hydroxyl groups excluding tert-OH is 1. The smallest absolute Gasteiger partial charge is 0.244 e. The predicted molar refractivity (Wildman–Crippen MR) is 76.4 cm³/mol. The first-order valence-corrected chi connectivity index (χ1v) is 6.95. The number of aliphatic hydroxyl groups is 1. The lowest BCUT2D eigenvalue weighted by Gasteiger charge is -2.16. The van der Waals surface area contributed by atoms with Gasteiger partial charge in [-0.2, -0.15) is 0 Å². The molecule has 1 aliphatic carbocycles. The van der Waals surface area contributed by atoms with Gasteiger partial charge in [0.05, 0.1) is 0 Å². The van der Waals surface area contributed by atoms with Crippen molar-refractivity contribution in [2.24, 2.45) is 5.92 Å². The van der Waals surface area contributed by atoms with Gasteiger partial charge >= 0.3 is 0 Å². The zero-order valence-corrected chi connectivity index (χ0v) is 11.6. The molecule has 4 heteroatoms. The van der Waals surface area contributed by atoms with Gasteiger partial charge in [-0.1, -0.05) is 12.1 Å². The van der Waals surface area contributed by atoms with Crippen LogP contribution in [0, 0.1) is 11.7 Å². The lowest BCUT2D eigenvalue weighted by molar-refractivity contribution is -0.117. The zero-order valence-electron chi connectivity index (χ0n) is 11.6. The van der Waals surface area contributed by atoms with Crippen molar-refractivity contribution < 1.29 is 14.3 Å². The Morgan fingerprint density at radius 2 is 2.30 bits per heavy atom. The Bertz CT molecular complexity index is 509. The zero-order chi connectivity index (χ0) is 14.5. The third kappa shape index (κ3) is 4.17. The van der Waals surface area contributed by atoms with E-state index in [0.29, 0.717) is 17.9 Å². The molecule has 0 radical (unpaired) electrons. The average Bonchev–Trinajstić information content (AvgIpc) is 3.22. The number of amides is 1. The monoisotopic (exact) mass is 277 g/mol. The van der Waals surface area contributed by atoms with E-state index >= 15 is 0 Å². The summed E-state index contributed by atoms with van der Waals surface area (Å²) in [6.07, 6.45) is 4.29. The average molecular weight is 277 g/mol. The molecule has 2 rings (SSSR count). The maximum absolute atomic E-state index is 13.1. The highest BCUT2D eigenvalue weighted by molar-refractivity contribution is 5.95. The van der Waals surface area contributed by atoms with E-state index in [9.17, 15) is 9.18 Å². The summed E-state index contributed by atoms with van der Waals surface area (Å²) < 4.78 is 13.1. The number of benzene rings is 1. The normalized spacial score (nSPS) is 16.9. The van der Waals surface area contributed by atoms with E-state index in [0.717, 1.165) is 18.4 Å². The van der Waals surface area contributed by atoms with Gasteiger partial charge in [0.2, 0.25) is 5.91 Å². The molecular weight excluding hydrogens is 257 g/mol. The molecule has 0 bridgehead atoms.